The summed E-state index contributed by atoms with van der Waals surface area (Å²) in [5.41, 5.74) is 1.31. The van der Waals surface area contributed by atoms with Crippen LogP contribution in [0.4, 0.5) is 0 Å². The molecule has 0 radical (unpaired) electrons. The number of nitrogens with zero attached hydrogens (tertiary/aromatic N) is 1. The van der Waals surface area contributed by atoms with Crippen molar-refractivity contribution in [2.75, 3.05) is 26.8 Å². The van der Waals surface area contributed by atoms with E-state index in [9.17, 15) is 0 Å². The molecule has 0 amide bonds. The molecule has 0 aromatic heterocycles. The Bertz CT molecular complexity index is 397. The summed E-state index contributed by atoms with van der Waals surface area (Å²) in [4.78, 5) is 2.43. The van der Waals surface area contributed by atoms with E-state index in [-0.39, 0.29) is 0 Å². The Balaban J connectivity index is 1.96. The van der Waals surface area contributed by atoms with Crippen molar-refractivity contribution in [3.63, 3.8) is 0 Å². The number of methoxy groups -OCH3 is 1. The van der Waals surface area contributed by atoms with Crippen LogP contribution in [-0.4, -0.2) is 37.8 Å². The van der Waals surface area contributed by atoms with Crippen molar-refractivity contribution in [2.45, 2.75) is 26.0 Å². The van der Waals surface area contributed by atoms with Gasteiger partial charge in [-0.25, -0.2) is 0 Å². The van der Waals surface area contributed by atoms with Crippen LogP contribution in [0.3, 0.4) is 0 Å². The highest BCUT2D eigenvalue weighted by Gasteiger charge is 2.21. The molecule has 1 aromatic carbocycles. The maximum absolute atomic E-state index is 5.52. The Kier molecular flexibility index (Phi) is 5.03. The zero-order valence-electron chi connectivity index (χ0n) is 11.0. The van der Waals surface area contributed by atoms with Gasteiger partial charge in [0.2, 0.25) is 0 Å². The molecule has 0 saturated carbocycles. The first-order chi connectivity index (χ1) is 8.72. The maximum atomic E-state index is 5.52. The van der Waals surface area contributed by atoms with Gasteiger partial charge in [0, 0.05) is 26.7 Å². The first-order valence-electron chi connectivity index (χ1n) is 6.39. The molecule has 1 aliphatic rings. The van der Waals surface area contributed by atoms with Gasteiger partial charge in [0.15, 0.2) is 0 Å². The van der Waals surface area contributed by atoms with Crippen molar-refractivity contribution < 1.29 is 9.47 Å². The van der Waals surface area contributed by atoms with E-state index < -0.39 is 0 Å². The second kappa shape index (κ2) is 6.55. The molecular weight excluding hydrogens is 294 g/mol. The molecule has 0 unspecified atom stereocenters. The average Bonchev–Trinajstić information content (AvgIpc) is 2.80. The van der Waals surface area contributed by atoms with Crippen LogP contribution in [0.1, 0.15) is 18.9 Å². The first-order valence-corrected chi connectivity index (χ1v) is 7.18. The molecule has 0 bridgehead atoms. The molecule has 0 N–H and O–H groups in total. The van der Waals surface area contributed by atoms with Crippen molar-refractivity contribution >= 4 is 15.9 Å². The van der Waals surface area contributed by atoms with E-state index in [0.717, 1.165) is 36.3 Å². The van der Waals surface area contributed by atoms with E-state index in [1.807, 2.05) is 13.0 Å². The summed E-state index contributed by atoms with van der Waals surface area (Å²) in [7, 11) is 1.79. The van der Waals surface area contributed by atoms with Crippen molar-refractivity contribution in [3.05, 3.63) is 28.2 Å². The van der Waals surface area contributed by atoms with Crippen molar-refractivity contribution in [1.82, 2.24) is 4.90 Å². The summed E-state index contributed by atoms with van der Waals surface area (Å²) in [5, 5.41) is 0. The lowest BCUT2D eigenvalue weighted by Crippen LogP contribution is -2.22. The second-order valence-corrected chi connectivity index (χ2v) is 5.43. The van der Waals surface area contributed by atoms with Gasteiger partial charge in [-0.2, -0.15) is 0 Å². The van der Waals surface area contributed by atoms with E-state index in [1.54, 1.807) is 7.11 Å². The fourth-order valence-electron chi connectivity index (χ4n) is 2.31. The molecule has 1 fully saturated rings. The number of benzene rings is 1. The Labute approximate surface area is 117 Å². The van der Waals surface area contributed by atoms with Crippen LogP contribution in [0.15, 0.2) is 22.7 Å². The van der Waals surface area contributed by atoms with E-state index in [0.29, 0.717) is 12.7 Å². The van der Waals surface area contributed by atoms with Crippen LogP contribution < -0.4 is 4.74 Å². The number of likely N-dealkylation sites (tertiary alicyclic amines) is 1. The number of hydrogen-bond donors (Lipinski definition) is 0. The van der Waals surface area contributed by atoms with Crippen molar-refractivity contribution in [2.24, 2.45) is 0 Å². The second-order valence-electron chi connectivity index (χ2n) is 4.58. The van der Waals surface area contributed by atoms with Crippen LogP contribution in [0.5, 0.6) is 5.75 Å². The predicted molar refractivity (Wildman–Crippen MR) is 76.0 cm³/mol. The smallest absolute Gasteiger partial charge is 0.133 e. The van der Waals surface area contributed by atoms with Crippen molar-refractivity contribution in [1.29, 1.82) is 0 Å². The topological polar surface area (TPSA) is 21.7 Å². The molecule has 1 heterocycles. The molecule has 0 spiro atoms. The zero-order valence-corrected chi connectivity index (χ0v) is 12.6. The summed E-state index contributed by atoms with van der Waals surface area (Å²) >= 11 is 3.55. The number of halogens is 1. The third-order valence-electron chi connectivity index (χ3n) is 3.26. The van der Waals surface area contributed by atoms with Gasteiger partial charge in [-0.15, -0.1) is 0 Å². The van der Waals surface area contributed by atoms with E-state index >= 15 is 0 Å². The third-order valence-corrected chi connectivity index (χ3v) is 3.88. The summed E-state index contributed by atoms with van der Waals surface area (Å²) in [6.07, 6.45) is 1.53. The highest BCUT2D eigenvalue weighted by Crippen LogP contribution is 2.27. The summed E-state index contributed by atoms with van der Waals surface area (Å²) in [6.45, 7) is 5.81. The van der Waals surface area contributed by atoms with Gasteiger partial charge in [-0.1, -0.05) is 6.07 Å². The first kappa shape index (κ1) is 13.8. The lowest BCUT2D eigenvalue weighted by molar-refractivity contribution is 0.107. The van der Waals surface area contributed by atoms with Gasteiger partial charge in [0.05, 0.1) is 17.2 Å². The Morgan fingerprint density at radius 3 is 2.89 bits per heavy atom. The Morgan fingerprint density at radius 1 is 1.44 bits per heavy atom. The number of ether oxygens (including phenoxy) is 2. The predicted octanol–water partition coefficient (Wildman–Crippen LogP) is 3.07. The Morgan fingerprint density at radius 2 is 2.28 bits per heavy atom. The van der Waals surface area contributed by atoms with Gasteiger partial charge in [0.25, 0.3) is 0 Å². The largest absolute Gasteiger partial charge is 0.493 e. The SMILES string of the molecule is CCOc1ccc(CN2CC[C@@H](OC)C2)cc1Br. The monoisotopic (exact) mass is 313 g/mol. The molecule has 2 rings (SSSR count). The third kappa shape index (κ3) is 3.46. The normalized spacial score (nSPS) is 20.3. The number of hydrogen-bond acceptors (Lipinski definition) is 3. The van der Waals surface area contributed by atoms with Gasteiger partial charge >= 0.3 is 0 Å². The van der Waals surface area contributed by atoms with E-state index in [4.69, 9.17) is 9.47 Å². The standard InChI is InChI=1S/C14H20BrNO2/c1-3-18-14-5-4-11(8-13(14)15)9-16-7-6-12(10-16)17-2/h4-5,8,12H,3,6-7,9-10H2,1-2H3/t12-/m1/s1. The van der Waals surface area contributed by atoms with Gasteiger partial charge < -0.3 is 9.47 Å². The van der Waals surface area contributed by atoms with Crippen molar-refractivity contribution in [3.8, 4) is 5.75 Å². The summed E-state index contributed by atoms with van der Waals surface area (Å²) in [5.74, 6) is 0.914. The molecule has 3 nitrogen and oxygen atoms in total. The van der Waals surface area contributed by atoms with Gasteiger partial charge in [-0.3, -0.25) is 4.90 Å². The van der Waals surface area contributed by atoms with E-state index in [1.165, 1.54) is 5.56 Å². The minimum Gasteiger partial charge on any atom is -0.493 e. The minimum absolute atomic E-state index is 0.399. The minimum atomic E-state index is 0.399. The fourth-order valence-corrected chi connectivity index (χ4v) is 2.85. The quantitative estimate of drug-likeness (QED) is 0.834. The fraction of sp³-hybridized carbons (Fsp3) is 0.571. The zero-order chi connectivity index (χ0) is 13.0. The molecule has 1 aliphatic heterocycles. The molecule has 100 valence electrons. The molecule has 1 aromatic rings. The molecule has 4 heteroatoms. The lowest BCUT2D eigenvalue weighted by atomic mass is 10.2. The highest BCUT2D eigenvalue weighted by molar-refractivity contribution is 9.10. The van der Waals surface area contributed by atoms with Gasteiger partial charge in [0.1, 0.15) is 5.75 Å². The molecule has 1 saturated heterocycles. The molecule has 0 aliphatic carbocycles. The van der Waals surface area contributed by atoms with Crippen LogP contribution in [-0.2, 0) is 11.3 Å². The van der Waals surface area contributed by atoms with E-state index in [2.05, 4.69) is 33.0 Å². The van der Waals surface area contributed by atoms with Crippen LogP contribution in [0.2, 0.25) is 0 Å². The summed E-state index contributed by atoms with van der Waals surface area (Å²) < 4.78 is 11.9. The molecule has 1 atom stereocenters. The lowest BCUT2D eigenvalue weighted by Gasteiger charge is -2.16. The molecule has 18 heavy (non-hydrogen) atoms. The number of rotatable bonds is 5. The summed E-state index contributed by atoms with van der Waals surface area (Å²) in [6, 6.07) is 6.31. The maximum Gasteiger partial charge on any atom is 0.133 e. The van der Waals surface area contributed by atoms with Crippen LogP contribution >= 0.6 is 15.9 Å². The van der Waals surface area contributed by atoms with Crippen LogP contribution in [0.25, 0.3) is 0 Å². The van der Waals surface area contributed by atoms with Gasteiger partial charge in [-0.05, 0) is 47.0 Å². The Hall–Kier alpha value is -0.580. The molecular formula is C14H20BrNO2. The van der Waals surface area contributed by atoms with Crippen LogP contribution in [0, 0.1) is 0 Å². The average molecular weight is 314 g/mol. The highest BCUT2D eigenvalue weighted by atomic mass is 79.9.